The highest BCUT2D eigenvalue weighted by Gasteiger charge is 2.50. The van der Waals surface area contributed by atoms with Gasteiger partial charge in [0, 0.05) is 19.2 Å². The Labute approximate surface area is 186 Å². The summed E-state index contributed by atoms with van der Waals surface area (Å²) in [4.78, 5) is 52.4. The zero-order valence-corrected chi connectivity index (χ0v) is 18.5. The van der Waals surface area contributed by atoms with Crippen molar-refractivity contribution in [2.75, 3.05) is 29.5 Å². The van der Waals surface area contributed by atoms with Gasteiger partial charge in [-0.1, -0.05) is 6.92 Å². The molecule has 0 aromatic heterocycles. The number of amides is 2. The maximum absolute atomic E-state index is 13.0. The maximum atomic E-state index is 13.0. The molecule has 1 aromatic carbocycles. The Morgan fingerprint density at radius 1 is 1.12 bits per heavy atom. The highest BCUT2D eigenvalue weighted by Crippen LogP contribution is 2.43. The Balaban J connectivity index is 1.56. The number of esters is 1. The van der Waals surface area contributed by atoms with Crippen LogP contribution in [-0.2, 0) is 19.1 Å². The molecule has 0 radical (unpaired) electrons. The Hall–Kier alpha value is -2.97. The molecule has 3 atom stereocenters. The third-order valence-corrected chi connectivity index (χ3v) is 7.06. The molecule has 0 unspecified atom stereocenters. The standard InChI is InChI=1S/C23H29N3O6/c1-3-32-23(29)15-8-10-24(11-9-15)19-7-5-16(13-20(19)26(30)31)25-21(27)17-6-4-14(2)12-18(17)22(25)28/h5,7,13-15,17-18H,3-4,6,8-12H2,1-2H3/t14-,17-,18+/m1/s1. The van der Waals surface area contributed by atoms with E-state index < -0.39 is 4.92 Å². The van der Waals surface area contributed by atoms with E-state index in [1.165, 1.54) is 6.07 Å². The first-order chi connectivity index (χ1) is 15.3. The van der Waals surface area contributed by atoms with Crippen molar-refractivity contribution in [1.29, 1.82) is 0 Å². The number of benzene rings is 1. The van der Waals surface area contributed by atoms with E-state index in [1.54, 1.807) is 19.1 Å². The van der Waals surface area contributed by atoms with Crippen LogP contribution in [0.5, 0.6) is 0 Å². The van der Waals surface area contributed by atoms with E-state index >= 15 is 0 Å². The van der Waals surface area contributed by atoms with E-state index in [1.807, 2.05) is 4.90 Å². The molecule has 32 heavy (non-hydrogen) atoms. The Bertz CT molecular complexity index is 940. The number of rotatable bonds is 5. The molecular formula is C23H29N3O6. The lowest BCUT2D eigenvalue weighted by molar-refractivity contribution is -0.384. The summed E-state index contributed by atoms with van der Waals surface area (Å²) >= 11 is 0. The number of hydrogen-bond donors (Lipinski definition) is 0. The summed E-state index contributed by atoms with van der Waals surface area (Å²) in [6.45, 7) is 5.17. The van der Waals surface area contributed by atoms with Crippen molar-refractivity contribution >= 4 is 34.8 Å². The van der Waals surface area contributed by atoms with Gasteiger partial charge in [-0.3, -0.25) is 24.5 Å². The minimum atomic E-state index is -0.476. The Morgan fingerprint density at radius 3 is 2.47 bits per heavy atom. The lowest BCUT2D eigenvalue weighted by atomic mass is 9.76. The van der Waals surface area contributed by atoms with Crippen LogP contribution >= 0.6 is 0 Å². The molecule has 2 saturated heterocycles. The number of nitro groups is 1. The Morgan fingerprint density at radius 2 is 1.81 bits per heavy atom. The van der Waals surface area contributed by atoms with Gasteiger partial charge in [-0.2, -0.15) is 0 Å². The summed E-state index contributed by atoms with van der Waals surface area (Å²) in [6, 6.07) is 4.57. The van der Waals surface area contributed by atoms with Crippen molar-refractivity contribution in [2.45, 2.75) is 46.0 Å². The number of nitro benzene ring substituents is 1. The van der Waals surface area contributed by atoms with Gasteiger partial charge in [-0.25, -0.2) is 4.90 Å². The zero-order valence-electron chi connectivity index (χ0n) is 18.5. The highest BCUT2D eigenvalue weighted by molar-refractivity contribution is 6.22. The van der Waals surface area contributed by atoms with E-state index in [9.17, 15) is 24.5 Å². The van der Waals surface area contributed by atoms with Crippen molar-refractivity contribution in [1.82, 2.24) is 0 Å². The molecule has 1 aliphatic carbocycles. The van der Waals surface area contributed by atoms with E-state index in [0.717, 1.165) is 11.3 Å². The average Bonchev–Trinajstić information content (AvgIpc) is 3.03. The van der Waals surface area contributed by atoms with Crippen molar-refractivity contribution < 1.29 is 24.0 Å². The number of hydrogen-bond acceptors (Lipinski definition) is 7. The van der Waals surface area contributed by atoms with E-state index in [2.05, 4.69) is 6.92 Å². The molecule has 3 aliphatic rings. The van der Waals surface area contributed by atoms with Gasteiger partial charge < -0.3 is 9.64 Å². The SMILES string of the molecule is CCOC(=O)C1CCN(c2ccc(N3C(=O)[C@H]4C[C@H](C)CC[C@H]4C3=O)cc2[N+](=O)[O-])CC1. The Kier molecular flexibility index (Phi) is 6.17. The first kappa shape index (κ1) is 22.2. The summed E-state index contributed by atoms with van der Waals surface area (Å²) in [5.41, 5.74) is 0.561. The molecule has 9 nitrogen and oxygen atoms in total. The van der Waals surface area contributed by atoms with Crippen LogP contribution in [-0.4, -0.2) is 42.4 Å². The lowest BCUT2D eigenvalue weighted by Crippen LogP contribution is -2.37. The molecule has 0 bridgehead atoms. The van der Waals surface area contributed by atoms with Crippen LogP contribution in [0.1, 0.15) is 46.0 Å². The number of carbonyl (C=O) groups is 3. The minimum Gasteiger partial charge on any atom is -0.466 e. The third-order valence-electron chi connectivity index (χ3n) is 7.06. The summed E-state index contributed by atoms with van der Waals surface area (Å²) in [5.74, 6) is -1.17. The number of ether oxygens (including phenoxy) is 1. The monoisotopic (exact) mass is 443 g/mol. The van der Waals surface area contributed by atoms with Crippen molar-refractivity contribution in [3.63, 3.8) is 0 Å². The minimum absolute atomic E-state index is 0.138. The summed E-state index contributed by atoms with van der Waals surface area (Å²) in [6.07, 6.45) is 3.39. The molecule has 0 N–H and O–H groups in total. The zero-order chi connectivity index (χ0) is 23.0. The normalized spacial score (nSPS) is 26.2. The van der Waals surface area contributed by atoms with Gasteiger partial charge >= 0.3 is 5.97 Å². The van der Waals surface area contributed by atoms with Gasteiger partial charge in [0.1, 0.15) is 5.69 Å². The van der Waals surface area contributed by atoms with Crippen LogP contribution < -0.4 is 9.80 Å². The molecule has 1 aromatic rings. The predicted molar refractivity (Wildman–Crippen MR) is 117 cm³/mol. The van der Waals surface area contributed by atoms with Crippen LogP contribution in [0, 0.1) is 33.8 Å². The number of fused-ring (bicyclic) bond motifs is 1. The second-order valence-corrected chi connectivity index (χ2v) is 9.09. The van der Waals surface area contributed by atoms with E-state index in [-0.39, 0.29) is 46.9 Å². The van der Waals surface area contributed by atoms with Crippen LogP contribution in [0.3, 0.4) is 0 Å². The van der Waals surface area contributed by atoms with Crippen LogP contribution in [0.2, 0.25) is 0 Å². The van der Waals surface area contributed by atoms with Crippen molar-refractivity contribution in [3.05, 3.63) is 28.3 Å². The van der Waals surface area contributed by atoms with E-state index in [4.69, 9.17) is 4.74 Å². The molecule has 2 aliphatic heterocycles. The number of carbonyl (C=O) groups excluding carboxylic acids is 3. The quantitative estimate of drug-likeness (QED) is 0.297. The third kappa shape index (κ3) is 3.96. The van der Waals surface area contributed by atoms with E-state index in [0.29, 0.717) is 57.0 Å². The fraction of sp³-hybridized carbons (Fsp3) is 0.609. The van der Waals surface area contributed by atoms with Crippen molar-refractivity contribution in [3.8, 4) is 0 Å². The topological polar surface area (TPSA) is 110 Å². The molecule has 2 heterocycles. The molecule has 9 heteroatoms. The smallest absolute Gasteiger partial charge is 0.309 e. The largest absolute Gasteiger partial charge is 0.466 e. The number of anilines is 2. The second kappa shape index (κ2) is 8.88. The van der Waals surface area contributed by atoms with Gasteiger partial charge in [0.15, 0.2) is 0 Å². The first-order valence-corrected chi connectivity index (χ1v) is 11.4. The van der Waals surface area contributed by atoms with Gasteiger partial charge in [0.2, 0.25) is 11.8 Å². The van der Waals surface area contributed by atoms with Crippen LogP contribution in [0.15, 0.2) is 18.2 Å². The van der Waals surface area contributed by atoms with Crippen molar-refractivity contribution in [2.24, 2.45) is 23.7 Å². The summed E-state index contributed by atoms with van der Waals surface area (Å²) in [7, 11) is 0. The maximum Gasteiger partial charge on any atom is 0.309 e. The van der Waals surface area contributed by atoms with Gasteiger partial charge in [-0.15, -0.1) is 0 Å². The highest BCUT2D eigenvalue weighted by atomic mass is 16.6. The predicted octanol–water partition coefficient (Wildman–Crippen LogP) is 3.30. The van der Waals surface area contributed by atoms with Gasteiger partial charge in [-0.05, 0) is 57.1 Å². The van der Waals surface area contributed by atoms with Gasteiger partial charge in [0.05, 0.1) is 35.0 Å². The number of imide groups is 1. The van der Waals surface area contributed by atoms with Crippen LogP contribution in [0.25, 0.3) is 0 Å². The fourth-order valence-corrected chi connectivity index (χ4v) is 5.32. The molecular weight excluding hydrogens is 414 g/mol. The molecule has 172 valence electrons. The molecule has 1 saturated carbocycles. The van der Waals surface area contributed by atoms with Crippen LogP contribution in [0.4, 0.5) is 17.1 Å². The summed E-state index contributed by atoms with van der Waals surface area (Å²) in [5, 5.41) is 11.9. The second-order valence-electron chi connectivity index (χ2n) is 9.09. The number of piperidine rings is 1. The molecule has 2 amide bonds. The molecule has 0 spiro atoms. The average molecular weight is 444 g/mol. The molecule has 4 rings (SSSR count). The fourth-order valence-electron chi connectivity index (χ4n) is 5.32. The number of nitrogens with zero attached hydrogens (tertiary/aromatic N) is 3. The molecule has 3 fully saturated rings. The van der Waals surface area contributed by atoms with Gasteiger partial charge in [0.25, 0.3) is 5.69 Å². The summed E-state index contributed by atoms with van der Waals surface area (Å²) < 4.78 is 5.09. The lowest BCUT2D eigenvalue weighted by Gasteiger charge is -2.32. The first-order valence-electron chi connectivity index (χ1n) is 11.4.